The van der Waals surface area contributed by atoms with E-state index in [1.165, 1.54) is 10.5 Å². The minimum atomic E-state index is -0.648. The first-order valence-electron chi connectivity index (χ1n) is 10.8. The van der Waals surface area contributed by atoms with E-state index >= 15 is 0 Å². The van der Waals surface area contributed by atoms with Crippen molar-refractivity contribution in [3.8, 4) is 11.5 Å². The Labute approximate surface area is 191 Å². The number of anilines is 1. The first-order valence-corrected chi connectivity index (χ1v) is 10.8. The summed E-state index contributed by atoms with van der Waals surface area (Å²) in [6.07, 6.45) is 1.55. The number of ether oxygens (including phenoxy) is 2. The molecule has 7 heteroatoms. The molecule has 0 unspecified atom stereocenters. The van der Waals surface area contributed by atoms with Gasteiger partial charge in [-0.3, -0.25) is 14.0 Å². The molecule has 2 aromatic carbocycles. The molecule has 1 atom stereocenters. The van der Waals surface area contributed by atoms with Gasteiger partial charge >= 0.3 is 0 Å². The number of benzene rings is 2. The van der Waals surface area contributed by atoms with Gasteiger partial charge in [-0.2, -0.15) is 0 Å². The van der Waals surface area contributed by atoms with E-state index in [4.69, 9.17) is 9.47 Å². The zero-order valence-electron chi connectivity index (χ0n) is 18.5. The molecule has 7 nitrogen and oxygen atoms in total. The molecule has 168 valence electrons. The first kappa shape index (κ1) is 22.1. The van der Waals surface area contributed by atoms with E-state index in [1.54, 1.807) is 18.3 Å². The predicted octanol–water partition coefficient (Wildman–Crippen LogP) is 4.38. The molecule has 0 fully saturated rings. The molecular formula is C26H25N3O4. The van der Waals surface area contributed by atoms with Crippen molar-refractivity contribution in [2.45, 2.75) is 33.0 Å². The number of aryl methyl sites for hydroxylation is 1. The number of amides is 1. The van der Waals surface area contributed by atoms with Gasteiger partial charge < -0.3 is 14.8 Å². The Morgan fingerprint density at radius 1 is 1.06 bits per heavy atom. The Morgan fingerprint density at radius 2 is 1.82 bits per heavy atom. The number of fused-ring (bicyclic) bond motifs is 1. The summed E-state index contributed by atoms with van der Waals surface area (Å²) in [5.74, 6) is 0.843. The van der Waals surface area contributed by atoms with Gasteiger partial charge in [-0.15, -0.1) is 0 Å². The van der Waals surface area contributed by atoms with Gasteiger partial charge in [0.25, 0.3) is 11.5 Å². The molecule has 0 aliphatic rings. The van der Waals surface area contributed by atoms with Crippen molar-refractivity contribution >= 4 is 17.2 Å². The lowest BCUT2D eigenvalue weighted by Crippen LogP contribution is -2.32. The molecule has 0 saturated heterocycles. The first-order chi connectivity index (χ1) is 16.0. The van der Waals surface area contributed by atoms with Crippen molar-refractivity contribution in [3.05, 3.63) is 101 Å². The standard InChI is InChI=1S/C26H25N3O4/c1-3-22(33-20-11-5-4-6-12-20)26(31)28-21-13-7-8-14-23(21)32-17-19-16-24(30)29-15-9-10-18(2)25(29)27-19/h4-16,22H,3,17H2,1-2H3,(H,28,31)/t22-/m1/s1. The van der Waals surface area contributed by atoms with Crippen molar-refractivity contribution in [2.24, 2.45) is 0 Å². The summed E-state index contributed by atoms with van der Waals surface area (Å²) in [7, 11) is 0. The highest BCUT2D eigenvalue weighted by molar-refractivity contribution is 5.95. The van der Waals surface area contributed by atoms with Crippen LogP contribution in [0.15, 0.2) is 83.8 Å². The van der Waals surface area contributed by atoms with Crippen LogP contribution in [0.1, 0.15) is 24.6 Å². The highest BCUT2D eigenvalue weighted by Gasteiger charge is 2.20. The molecule has 1 N–H and O–H groups in total. The van der Waals surface area contributed by atoms with Crippen LogP contribution in [0.5, 0.6) is 11.5 Å². The average molecular weight is 444 g/mol. The maximum atomic E-state index is 12.9. The summed E-state index contributed by atoms with van der Waals surface area (Å²) in [4.78, 5) is 29.8. The fourth-order valence-corrected chi connectivity index (χ4v) is 3.43. The summed E-state index contributed by atoms with van der Waals surface area (Å²) in [6, 6.07) is 21.5. The minimum Gasteiger partial charge on any atom is -0.485 e. The van der Waals surface area contributed by atoms with Crippen LogP contribution >= 0.6 is 0 Å². The largest absolute Gasteiger partial charge is 0.485 e. The minimum absolute atomic E-state index is 0.0880. The molecule has 33 heavy (non-hydrogen) atoms. The van der Waals surface area contributed by atoms with E-state index in [0.717, 1.165) is 5.56 Å². The fraction of sp³-hybridized carbons (Fsp3) is 0.192. The molecule has 0 aliphatic carbocycles. The lowest BCUT2D eigenvalue weighted by Gasteiger charge is -2.18. The number of carbonyl (C=O) groups is 1. The van der Waals surface area contributed by atoms with Gasteiger partial charge in [-0.1, -0.05) is 43.3 Å². The van der Waals surface area contributed by atoms with Crippen molar-refractivity contribution < 1.29 is 14.3 Å². The van der Waals surface area contributed by atoms with Gasteiger partial charge in [0.1, 0.15) is 23.8 Å². The molecule has 0 spiro atoms. The average Bonchev–Trinajstić information content (AvgIpc) is 2.83. The number of nitrogens with zero attached hydrogens (tertiary/aromatic N) is 2. The number of hydrogen-bond donors (Lipinski definition) is 1. The second kappa shape index (κ2) is 9.99. The fourth-order valence-electron chi connectivity index (χ4n) is 3.43. The second-order valence-electron chi connectivity index (χ2n) is 7.57. The van der Waals surface area contributed by atoms with Gasteiger partial charge in [0.2, 0.25) is 0 Å². The van der Waals surface area contributed by atoms with Crippen molar-refractivity contribution in [1.82, 2.24) is 9.38 Å². The Bertz CT molecular complexity index is 1320. The second-order valence-corrected chi connectivity index (χ2v) is 7.57. The molecule has 1 amide bonds. The number of nitrogens with one attached hydrogen (secondary N) is 1. The number of para-hydroxylation sites is 3. The van der Waals surface area contributed by atoms with Crippen LogP contribution in [0, 0.1) is 6.92 Å². The molecule has 0 radical (unpaired) electrons. The zero-order chi connectivity index (χ0) is 23.2. The SMILES string of the molecule is CC[C@@H](Oc1ccccc1)C(=O)Nc1ccccc1OCc1cc(=O)n2cccc(C)c2n1. The van der Waals surface area contributed by atoms with Crippen LogP contribution in [0.3, 0.4) is 0 Å². The third kappa shape index (κ3) is 5.20. The third-order valence-electron chi connectivity index (χ3n) is 5.14. The van der Waals surface area contributed by atoms with Crippen molar-refractivity contribution in [3.63, 3.8) is 0 Å². The monoisotopic (exact) mass is 443 g/mol. The van der Waals surface area contributed by atoms with Crippen LogP contribution in [-0.2, 0) is 11.4 Å². The smallest absolute Gasteiger partial charge is 0.265 e. The molecule has 0 bridgehead atoms. The quantitative estimate of drug-likeness (QED) is 0.437. The normalized spacial score (nSPS) is 11.7. The lowest BCUT2D eigenvalue weighted by molar-refractivity contribution is -0.122. The Kier molecular flexibility index (Phi) is 6.69. The van der Waals surface area contributed by atoms with Crippen LogP contribution in [0.4, 0.5) is 5.69 Å². The highest BCUT2D eigenvalue weighted by Crippen LogP contribution is 2.25. The van der Waals surface area contributed by atoms with E-state index in [1.807, 2.05) is 68.4 Å². The zero-order valence-corrected chi connectivity index (χ0v) is 18.5. The predicted molar refractivity (Wildman–Crippen MR) is 127 cm³/mol. The van der Waals surface area contributed by atoms with E-state index in [-0.39, 0.29) is 18.1 Å². The molecule has 4 aromatic rings. The molecule has 4 rings (SSSR count). The molecular weight excluding hydrogens is 418 g/mol. The summed E-state index contributed by atoms with van der Waals surface area (Å²) < 4.78 is 13.3. The summed E-state index contributed by atoms with van der Waals surface area (Å²) in [5.41, 5.74) is 2.34. The van der Waals surface area contributed by atoms with Gasteiger partial charge in [0.05, 0.1) is 11.4 Å². The number of rotatable bonds is 8. The molecule has 0 saturated carbocycles. The van der Waals surface area contributed by atoms with Crippen LogP contribution in [0.25, 0.3) is 5.65 Å². The number of carbonyl (C=O) groups excluding carboxylic acids is 1. The molecule has 0 aliphatic heterocycles. The van der Waals surface area contributed by atoms with E-state index in [2.05, 4.69) is 10.3 Å². The van der Waals surface area contributed by atoms with Gasteiger partial charge in [-0.25, -0.2) is 4.98 Å². The maximum absolute atomic E-state index is 12.9. The van der Waals surface area contributed by atoms with E-state index < -0.39 is 6.10 Å². The van der Waals surface area contributed by atoms with Gasteiger partial charge in [-0.05, 0) is 49.2 Å². The third-order valence-corrected chi connectivity index (χ3v) is 5.14. The Balaban J connectivity index is 1.49. The van der Waals surface area contributed by atoms with Gasteiger partial charge in [0.15, 0.2) is 6.10 Å². The maximum Gasteiger partial charge on any atom is 0.265 e. The Morgan fingerprint density at radius 3 is 2.61 bits per heavy atom. The van der Waals surface area contributed by atoms with Crippen LogP contribution in [0.2, 0.25) is 0 Å². The molecule has 2 heterocycles. The highest BCUT2D eigenvalue weighted by atomic mass is 16.5. The van der Waals surface area contributed by atoms with Crippen molar-refractivity contribution in [2.75, 3.05) is 5.32 Å². The van der Waals surface area contributed by atoms with Crippen LogP contribution < -0.4 is 20.3 Å². The number of aromatic nitrogens is 2. The topological polar surface area (TPSA) is 81.9 Å². The Hall–Kier alpha value is -4.13. The van der Waals surface area contributed by atoms with Crippen LogP contribution in [-0.4, -0.2) is 21.4 Å². The summed E-state index contributed by atoms with van der Waals surface area (Å²) in [5, 5.41) is 2.89. The van der Waals surface area contributed by atoms with Gasteiger partial charge in [0, 0.05) is 12.3 Å². The number of pyridine rings is 1. The summed E-state index contributed by atoms with van der Waals surface area (Å²) >= 11 is 0. The molecule has 2 aromatic heterocycles. The number of hydrogen-bond acceptors (Lipinski definition) is 5. The lowest BCUT2D eigenvalue weighted by atomic mass is 10.2. The van der Waals surface area contributed by atoms with E-state index in [9.17, 15) is 9.59 Å². The van der Waals surface area contributed by atoms with E-state index in [0.29, 0.717) is 34.9 Å². The summed E-state index contributed by atoms with van der Waals surface area (Å²) in [6.45, 7) is 3.88. The van der Waals surface area contributed by atoms with Crippen molar-refractivity contribution in [1.29, 1.82) is 0 Å².